The lowest BCUT2D eigenvalue weighted by atomic mass is 10.1. The van der Waals surface area contributed by atoms with E-state index >= 15 is 0 Å². The number of alkyl halides is 10. The summed E-state index contributed by atoms with van der Waals surface area (Å²) in [5.41, 5.74) is -0.188. The van der Waals surface area contributed by atoms with Crippen LogP contribution in [0.1, 0.15) is 64.8 Å². The van der Waals surface area contributed by atoms with Crippen LogP contribution < -0.4 is 0 Å². The number of nitrogens with one attached hydrogen (secondary N) is 1. The van der Waals surface area contributed by atoms with Crippen LogP contribution in [0.15, 0.2) is 109 Å². The van der Waals surface area contributed by atoms with Gasteiger partial charge in [-0.2, -0.15) is 54.8 Å². The van der Waals surface area contributed by atoms with E-state index in [1.165, 1.54) is 55.0 Å². The van der Waals surface area contributed by atoms with Gasteiger partial charge in [0.05, 0.1) is 67.7 Å². The van der Waals surface area contributed by atoms with Crippen LogP contribution >= 0.6 is 81.2 Å². The van der Waals surface area contributed by atoms with Crippen molar-refractivity contribution < 1.29 is 68.1 Å². The zero-order chi connectivity index (χ0) is 58.3. The summed E-state index contributed by atoms with van der Waals surface area (Å²) < 4.78 is 132. The molecule has 0 spiro atoms. The van der Waals surface area contributed by atoms with Crippen LogP contribution in [0, 0.1) is 0 Å². The minimum Gasteiger partial charge on any atom is -0.464 e. The Bertz CT molecular complexity index is 3720. The molecule has 0 atom stereocenters. The van der Waals surface area contributed by atoms with Crippen molar-refractivity contribution >= 4 is 132 Å². The van der Waals surface area contributed by atoms with Gasteiger partial charge in [0, 0.05) is 52.2 Å². The Morgan fingerprint density at radius 1 is 0.494 bits per heavy atom. The number of methoxy groups -OCH3 is 3. The number of ether oxygens (including phenoxy) is 3. The predicted molar refractivity (Wildman–Crippen MR) is 282 cm³/mol. The number of esters is 3. The normalized spacial score (nSPS) is 11.5. The molecular weight excluding hydrogens is 1210 g/mol. The molecule has 0 radical (unpaired) electrons. The number of benzene rings is 6. The molecule has 416 valence electrons. The van der Waals surface area contributed by atoms with Gasteiger partial charge in [0.1, 0.15) is 0 Å². The second kappa shape index (κ2) is 25.8. The van der Waals surface area contributed by atoms with Gasteiger partial charge in [-0.15, -0.1) is 11.6 Å². The summed E-state index contributed by atoms with van der Waals surface area (Å²) in [5.74, 6) is -1.73. The second-order valence-electron chi connectivity index (χ2n) is 16.1. The summed E-state index contributed by atoms with van der Waals surface area (Å²) in [6.45, 7) is 0.102. The second-order valence-corrected chi connectivity index (χ2v) is 18.9. The maximum atomic E-state index is 13.1. The van der Waals surface area contributed by atoms with Crippen LogP contribution in [0.4, 0.5) is 39.5 Å². The van der Waals surface area contributed by atoms with Crippen LogP contribution in [-0.2, 0) is 51.7 Å². The number of aromatic nitrogens is 6. The van der Waals surface area contributed by atoms with Crippen molar-refractivity contribution in [3.63, 3.8) is 0 Å². The van der Waals surface area contributed by atoms with Gasteiger partial charge in [-0.05, 0) is 114 Å². The zero-order valence-corrected chi connectivity index (χ0v) is 45.5. The van der Waals surface area contributed by atoms with Gasteiger partial charge in [-0.25, -0.2) is 14.4 Å². The smallest absolute Gasteiger partial charge is 0.416 e. The Kier molecular flexibility index (Phi) is 20.1. The number of aromatic amines is 1. The highest BCUT2D eigenvalue weighted by atomic mass is 35.5. The molecule has 0 aliphatic heterocycles. The number of hydrogen-bond donors (Lipinski definition) is 1. The molecule has 0 aliphatic carbocycles. The third-order valence-corrected chi connectivity index (χ3v) is 13.1. The first-order chi connectivity index (χ1) is 37.1. The molecule has 1 N–H and O–H groups in total. The van der Waals surface area contributed by atoms with Gasteiger partial charge < -0.3 is 14.2 Å². The summed E-state index contributed by atoms with van der Waals surface area (Å²) in [7, 11) is 3.53. The van der Waals surface area contributed by atoms with Gasteiger partial charge >= 0.3 is 36.4 Å². The topological polar surface area (TPSA) is 143 Å². The first-order valence-electron chi connectivity index (χ1n) is 21.9. The summed E-state index contributed by atoms with van der Waals surface area (Å²) in [6, 6.07) is 23.8. The lowest BCUT2D eigenvalue weighted by Gasteiger charge is -2.09. The van der Waals surface area contributed by atoms with Gasteiger partial charge in [0.25, 0.3) is 0 Å². The highest BCUT2D eigenvalue weighted by molar-refractivity contribution is 6.36. The fraction of sp³-hybridized carbons (Fsp3) is 0.176. The Morgan fingerprint density at radius 2 is 0.975 bits per heavy atom. The van der Waals surface area contributed by atoms with E-state index in [1.807, 2.05) is 6.07 Å². The number of halogens is 16. The monoisotopic (exact) mass is 1240 g/mol. The maximum Gasteiger partial charge on any atom is 0.416 e. The first kappa shape index (κ1) is 61.7. The molecule has 0 unspecified atom stereocenters. The fourth-order valence-corrected chi connectivity index (χ4v) is 8.79. The van der Waals surface area contributed by atoms with E-state index in [4.69, 9.17) is 85.9 Å². The number of carbonyl (C=O) groups excluding carboxylic acids is 3. The van der Waals surface area contributed by atoms with Crippen LogP contribution in [0.2, 0.25) is 30.1 Å². The van der Waals surface area contributed by atoms with Crippen molar-refractivity contribution in [1.29, 1.82) is 0 Å². The fourth-order valence-electron chi connectivity index (χ4n) is 7.17. The number of H-pyrrole nitrogens is 1. The maximum absolute atomic E-state index is 13.1. The molecule has 12 nitrogen and oxygen atoms in total. The Balaban J connectivity index is 0.000000179. The average Bonchev–Trinajstić information content (AvgIpc) is 4.33. The molecule has 0 amide bonds. The van der Waals surface area contributed by atoms with Crippen LogP contribution in [0.3, 0.4) is 0 Å². The Labute approximate surface area is 475 Å². The van der Waals surface area contributed by atoms with Gasteiger partial charge in [0.15, 0.2) is 17.1 Å². The lowest BCUT2D eigenvalue weighted by Crippen LogP contribution is -2.13. The van der Waals surface area contributed by atoms with Crippen molar-refractivity contribution in [3.05, 3.63) is 190 Å². The van der Waals surface area contributed by atoms with E-state index < -0.39 is 53.1 Å². The number of carbonyl (C=O) groups is 3. The molecule has 0 aliphatic rings. The first-order valence-corrected chi connectivity index (χ1v) is 24.7. The molecule has 3 aromatic heterocycles. The van der Waals surface area contributed by atoms with E-state index in [1.54, 1.807) is 42.5 Å². The quantitative estimate of drug-likeness (QED) is 0.0681. The van der Waals surface area contributed by atoms with Crippen molar-refractivity contribution in [3.8, 4) is 0 Å². The average molecular weight is 1250 g/mol. The molecule has 3 heterocycles. The van der Waals surface area contributed by atoms with E-state index in [0.29, 0.717) is 52.5 Å². The number of rotatable bonds is 8. The van der Waals surface area contributed by atoms with Crippen molar-refractivity contribution in [2.75, 3.05) is 21.3 Å². The number of hydrogen-bond acceptors (Lipinski definition) is 9. The van der Waals surface area contributed by atoms with E-state index in [-0.39, 0.29) is 57.5 Å². The molecule has 28 heteroatoms. The van der Waals surface area contributed by atoms with E-state index in [2.05, 4.69) is 29.9 Å². The van der Waals surface area contributed by atoms with E-state index in [9.17, 15) is 53.9 Å². The molecule has 0 fully saturated rings. The van der Waals surface area contributed by atoms with Crippen molar-refractivity contribution in [1.82, 2.24) is 29.8 Å². The van der Waals surface area contributed by atoms with Gasteiger partial charge in [-0.1, -0.05) is 81.7 Å². The molecule has 0 saturated carbocycles. The third-order valence-electron chi connectivity index (χ3n) is 11.0. The van der Waals surface area contributed by atoms with Crippen LogP contribution in [0.5, 0.6) is 0 Å². The van der Waals surface area contributed by atoms with Gasteiger partial charge in [-0.3, -0.25) is 14.5 Å². The molecule has 79 heavy (non-hydrogen) atoms. The third kappa shape index (κ3) is 15.3. The Hall–Kier alpha value is -6.46. The summed E-state index contributed by atoms with van der Waals surface area (Å²) in [5, 5.41) is 17.9. The van der Waals surface area contributed by atoms with Crippen LogP contribution in [-0.4, -0.2) is 69.0 Å². The standard InChI is InChI=1S/2C17H11Cl2F3N2O2.C10H7F3N2O2.C7H5Cl3/c1-26-16(25)15-12-4-2-10(17(20,21)22)7-14(12)23-24(15)8-9-6-11(18)3-5-13(9)19;1-26-16(25)15-12-5-3-10(17(20,21)22)6-14(12)24(23-15)8-9-2-4-11(18)7-13(9)19;1-17-9(16)8-6-3-2-5(10(11,12)13)4-7(6)14-15-8;8-4-5-1-2-6(9)3-7(5)10/h2*2-7H,8H2,1H3;2-4H,1H3,(H,14,15);1-3H,4H2. The zero-order valence-electron chi connectivity index (χ0n) is 40.2. The van der Waals surface area contributed by atoms with Crippen molar-refractivity contribution in [2.45, 2.75) is 37.5 Å². The van der Waals surface area contributed by atoms with Gasteiger partial charge in [0.2, 0.25) is 0 Å². The lowest BCUT2D eigenvalue weighted by molar-refractivity contribution is -0.138. The highest BCUT2D eigenvalue weighted by Gasteiger charge is 2.34. The molecular formula is C51H34Cl7F9N6O6. The summed E-state index contributed by atoms with van der Waals surface area (Å²) >= 11 is 41.0. The summed E-state index contributed by atoms with van der Waals surface area (Å²) in [4.78, 5) is 35.3. The molecule has 6 aromatic carbocycles. The van der Waals surface area contributed by atoms with Crippen molar-refractivity contribution in [2.24, 2.45) is 0 Å². The van der Waals surface area contributed by atoms with E-state index in [0.717, 1.165) is 42.0 Å². The number of nitrogens with zero attached hydrogens (tertiary/aromatic N) is 5. The predicted octanol–water partition coefficient (Wildman–Crippen LogP) is 16.5. The molecule has 0 saturated heterocycles. The Morgan fingerprint density at radius 3 is 1.52 bits per heavy atom. The molecule has 9 rings (SSSR count). The minimum atomic E-state index is -4.52. The summed E-state index contributed by atoms with van der Waals surface area (Å²) in [6.07, 6.45) is -13.5. The number of fused-ring (bicyclic) bond motifs is 3. The largest absolute Gasteiger partial charge is 0.464 e. The van der Waals surface area contributed by atoms with Crippen LogP contribution in [0.25, 0.3) is 32.7 Å². The minimum absolute atomic E-state index is 0.0263. The molecule has 9 aromatic rings. The highest BCUT2D eigenvalue weighted by Crippen LogP contribution is 2.36. The molecule has 0 bridgehead atoms. The SMILES string of the molecule is COC(=O)c1c2ccc(C(F)(F)F)cc2nn1Cc1cc(Cl)ccc1Cl.COC(=O)c1n[nH]c2cc(C(F)(F)F)ccc12.COC(=O)c1nn(Cc2ccc(Cl)cc2Cl)c2cc(C(F)(F)F)ccc12.ClCc1ccc(Cl)cc1Cl.